The molecule has 0 aromatic heterocycles. The van der Waals surface area contributed by atoms with Crippen LogP contribution in [0.5, 0.6) is 5.75 Å². The van der Waals surface area contributed by atoms with Gasteiger partial charge in [-0.05, 0) is 19.1 Å². The van der Waals surface area contributed by atoms with Gasteiger partial charge in [0.15, 0.2) is 11.9 Å². The Hall–Kier alpha value is -2.19. The zero-order chi connectivity index (χ0) is 17.2. The molecule has 1 aromatic rings. The number of non-ortho nitro benzene ring substituents is 1. The van der Waals surface area contributed by atoms with E-state index >= 15 is 0 Å². The molecule has 8 heteroatoms. The number of benzene rings is 1. The van der Waals surface area contributed by atoms with Crippen LogP contribution in [0.2, 0.25) is 0 Å². The van der Waals surface area contributed by atoms with Crippen LogP contribution < -0.4 is 4.74 Å². The van der Waals surface area contributed by atoms with Gasteiger partial charge in [-0.15, -0.1) is 0 Å². The van der Waals surface area contributed by atoms with Gasteiger partial charge in [-0.3, -0.25) is 14.9 Å². The Balaban J connectivity index is 1.54. The maximum absolute atomic E-state index is 12.5. The van der Waals surface area contributed by atoms with Gasteiger partial charge in [-0.25, -0.2) is 0 Å². The maximum atomic E-state index is 12.5. The third-order valence-electron chi connectivity index (χ3n) is 4.36. The van der Waals surface area contributed by atoms with E-state index in [9.17, 15) is 14.9 Å². The quantitative estimate of drug-likeness (QED) is 0.614. The van der Waals surface area contributed by atoms with Gasteiger partial charge < -0.3 is 19.1 Å². The number of nitro groups is 1. The predicted octanol–water partition coefficient (Wildman–Crippen LogP) is 1.73. The first kappa shape index (κ1) is 16.7. The fourth-order valence-electron chi connectivity index (χ4n) is 3.01. The number of ether oxygens (including phenoxy) is 3. The number of hydrogen-bond donors (Lipinski definition) is 0. The summed E-state index contributed by atoms with van der Waals surface area (Å²) in [6.07, 6.45) is 0.650. The Morgan fingerprint density at radius 2 is 1.83 bits per heavy atom. The molecule has 1 aromatic carbocycles. The van der Waals surface area contributed by atoms with Crippen LogP contribution in [0.4, 0.5) is 5.69 Å². The maximum Gasteiger partial charge on any atom is 0.269 e. The highest BCUT2D eigenvalue weighted by atomic mass is 16.7. The average Bonchev–Trinajstić information content (AvgIpc) is 3.03. The Kier molecular flexibility index (Phi) is 4.68. The fraction of sp³-hybridized carbons (Fsp3) is 0.562. The summed E-state index contributed by atoms with van der Waals surface area (Å²) in [7, 11) is 0. The zero-order valence-corrected chi connectivity index (χ0v) is 13.5. The summed E-state index contributed by atoms with van der Waals surface area (Å²) in [5, 5.41) is 10.6. The second kappa shape index (κ2) is 6.74. The fourth-order valence-corrected chi connectivity index (χ4v) is 3.01. The molecule has 0 radical (unpaired) electrons. The monoisotopic (exact) mass is 336 g/mol. The standard InChI is InChI=1S/C16H20N2O6/c1-12(24-14-4-2-13(3-5-14)18(20)21)15(19)17-8-6-16(7-9-17)22-10-11-23-16/h2-5,12H,6-11H2,1H3/t12-/m0/s1. The summed E-state index contributed by atoms with van der Waals surface area (Å²) < 4.78 is 16.9. The van der Waals surface area contributed by atoms with Crippen LogP contribution in [0.15, 0.2) is 24.3 Å². The SMILES string of the molecule is C[C@H](Oc1ccc([N+](=O)[O-])cc1)C(=O)N1CCC2(CC1)OCCO2. The van der Waals surface area contributed by atoms with Crippen LogP contribution in [0.3, 0.4) is 0 Å². The molecule has 2 aliphatic heterocycles. The molecule has 2 aliphatic rings. The molecule has 3 rings (SSSR count). The number of nitro benzene ring substituents is 1. The Bertz CT molecular complexity index is 601. The average molecular weight is 336 g/mol. The number of nitrogens with zero attached hydrogens (tertiary/aromatic N) is 2. The first-order valence-corrected chi connectivity index (χ1v) is 7.97. The van der Waals surface area contributed by atoms with Crippen molar-refractivity contribution in [2.75, 3.05) is 26.3 Å². The second-order valence-electron chi connectivity index (χ2n) is 5.94. The Labute approximate surface area is 139 Å². The summed E-state index contributed by atoms with van der Waals surface area (Å²) >= 11 is 0. The van der Waals surface area contributed by atoms with Crippen molar-refractivity contribution in [3.63, 3.8) is 0 Å². The lowest BCUT2D eigenvalue weighted by Crippen LogP contribution is -2.50. The largest absolute Gasteiger partial charge is 0.481 e. The van der Waals surface area contributed by atoms with Crippen molar-refractivity contribution in [3.8, 4) is 5.75 Å². The van der Waals surface area contributed by atoms with Gasteiger partial charge in [0, 0.05) is 38.1 Å². The van der Waals surface area contributed by atoms with Gasteiger partial charge in [0.25, 0.3) is 11.6 Å². The van der Waals surface area contributed by atoms with Gasteiger partial charge in [0.2, 0.25) is 0 Å². The molecule has 0 saturated carbocycles. The van der Waals surface area contributed by atoms with Gasteiger partial charge in [0.05, 0.1) is 18.1 Å². The van der Waals surface area contributed by atoms with Crippen molar-refractivity contribution >= 4 is 11.6 Å². The summed E-state index contributed by atoms with van der Waals surface area (Å²) in [5.74, 6) is -0.197. The van der Waals surface area contributed by atoms with Gasteiger partial charge in [-0.2, -0.15) is 0 Å². The molecule has 0 aliphatic carbocycles. The van der Waals surface area contributed by atoms with Crippen molar-refractivity contribution in [3.05, 3.63) is 34.4 Å². The Morgan fingerprint density at radius 3 is 2.38 bits per heavy atom. The van der Waals surface area contributed by atoms with Crippen molar-refractivity contribution in [1.29, 1.82) is 0 Å². The number of carbonyl (C=O) groups is 1. The smallest absolute Gasteiger partial charge is 0.269 e. The van der Waals surface area contributed by atoms with E-state index in [-0.39, 0.29) is 11.6 Å². The van der Waals surface area contributed by atoms with Crippen LogP contribution >= 0.6 is 0 Å². The van der Waals surface area contributed by atoms with E-state index in [1.54, 1.807) is 11.8 Å². The molecule has 0 bridgehead atoms. The molecule has 8 nitrogen and oxygen atoms in total. The number of rotatable bonds is 4. The van der Waals surface area contributed by atoms with Crippen LogP contribution in [0.25, 0.3) is 0 Å². The normalized spacial score (nSPS) is 20.8. The lowest BCUT2D eigenvalue weighted by atomic mass is 10.0. The highest BCUT2D eigenvalue weighted by molar-refractivity contribution is 5.81. The molecule has 2 fully saturated rings. The topological polar surface area (TPSA) is 91.1 Å². The van der Waals surface area contributed by atoms with E-state index in [4.69, 9.17) is 14.2 Å². The molecular weight excluding hydrogens is 316 g/mol. The molecule has 2 saturated heterocycles. The Morgan fingerprint density at radius 1 is 1.25 bits per heavy atom. The van der Waals surface area contributed by atoms with E-state index in [1.807, 2.05) is 0 Å². The number of hydrogen-bond acceptors (Lipinski definition) is 6. The lowest BCUT2D eigenvalue weighted by Gasteiger charge is -2.38. The first-order chi connectivity index (χ1) is 11.5. The minimum absolute atomic E-state index is 0.0146. The second-order valence-corrected chi connectivity index (χ2v) is 5.94. The van der Waals surface area contributed by atoms with E-state index < -0.39 is 16.8 Å². The third-order valence-corrected chi connectivity index (χ3v) is 4.36. The number of carbonyl (C=O) groups excluding carboxylic acids is 1. The van der Waals surface area contributed by atoms with Crippen molar-refractivity contribution < 1.29 is 23.9 Å². The van der Waals surface area contributed by atoms with Crippen molar-refractivity contribution in [2.24, 2.45) is 0 Å². The summed E-state index contributed by atoms with van der Waals surface area (Å²) in [5.41, 5.74) is -0.0146. The number of likely N-dealkylation sites (tertiary alicyclic amines) is 1. The van der Waals surface area contributed by atoms with Gasteiger partial charge in [0.1, 0.15) is 5.75 Å². The van der Waals surface area contributed by atoms with Crippen molar-refractivity contribution in [1.82, 2.24) is 4.90 Å². The van der Waals surface area contributed by atoms with E-state index in [0.29, 0.717) is 44.9 Å². The molecule has 1 amide bonds. The molecular formula is C16H20N2O6. The minimum atomic E-state index is -0.661. The number of piperidine rings is 1. The zero-order valence-electron chi connectivity index (χ0n) is 13.5. The highest BCUT2D eigenvalue weighted by Crippen LogP contribution is 2.31. The summed E-state index contributed by atoms with van der Waals surface area (Å²) in [6, 6.07) is 5.69. The van der Waals surface area contributed by atoms with Crippen LogP contribution in [0.1, 0.15) is 19.8 Å². The molecule has 1 atom stereocenters. The molecule has 24 heavy (non-hydrogen) atoms. The first-order valence-electron chi connectivity index (χ1n) is 7.97. The minimum Gasteiger partial charge on any atom is -0.481 e. The predicted molar refractivity (Wildman–Crippen MR) is 83.6 cm³/mol. The molecule has 2 heterocycles. The van der Waals surface area contributed by atoms with E-state index in [2.05, 4.69) is 0 Å². The van der Waals surface area contributed by atoms with E-state index in [0.717, 1.165) is 0 Å². The highest BCUT2D eigenvalue weighted by Gasteiger charge is 2.41. The van der Waals surface area contributed by atoms with Gasteiger partial charge in [-0.1, -0.05) is 0 Å². The number of amides is 1. The summed E-state index contributed by atoms with van der Waals surface area (Å²) in [6.45, 7) is 4.01. The van der Waals surface area contributed by atoms with Gasteiger partial charge >= 0.3 is 0 Å². The molecule has 1 spiro atoms. The molecule has 0 unspecified atom stereocenters. The van der Waals surface area contributed by atoms with E-state index in [1.165, 1.54) is 24.3 Å². The van der Waals surface area contributed by atoms with Crippen LogP contribution in [-0.2, 0) is 14.3 Å². The summed E-state index contributed by atoms with van der Waals surface area (Å²) in [4.78, 5) is 24.4. The third kappa shape index (κ3) is 3.49. The van der Waals surface area contributed by atoms with Crippen molar-refractivity contribution in [2.45, 2.75) is 31.7 Å². The molecule has 130 valence electrons. The van der Waals surface area contributed by atoms with Crippen LogP contribution in [0, 0.1) is 10.1 Å². The van der Waals surface area contributed by atoms with Crippen LogP contribution in [-0.4, -0.2) is 53.9 Å². The molecule has 0 N–H and O–H groups in total. The lowest BCUT2D eigenvalue weighted by molar-refractivity contribution is -0.384.